The molecule has 1 N–H and O–H groups in total. The molecule has 0 heterocycles. The Balaban J connectivity index is 2.75. The van der Waals surface area contributed by atoms with Crippen molar-refractivity contribution >= 4 is 11.9 Å². The summed E-state index contributed by atoms with van der Waals surface area (Å²) in [5, 5.41) is 8.86. The number of carbonyl (C=O) groups excluding carboxylic acids is 1. The number of carbonyl (C=O) groups is 2. The van der Waals surface area contributed by atoms with Crippen LogP contribution in [0.15, 0.2) is 11.1 Å². The molecule has 0 aromatic carbocycles. The monoisotopic (exact) mass is 239 g/mol. The highest BCUT2D eigenvalue weighted by Gasteiger charge is 2.24. The van der Waals surface area contributed by atoms with Gasteiger partial charge in [0, 0.05) is 24.2 Å². The predicted octanol–water partition coefficient (Wildman–Crippen LogP) is 2.20. The smallest absolute Gasteiger partial charge is 0.331 e. The third-order valence-electron chi connectivity index (χ3n) is 3.65. The fourth-order valence-electron chi connectivity index (χ4n) is 2.22. The van der Waals surface area contributed by atoms with E-state index in [9.17, 15) is 9.59 Å². The number of carboxylic acids is 1. The molecular formula is C13H21NO3. The predicted molar refractivity (Wildman–Crippen MR) is 65.7 cm³/mol. The average molecular weight is 239 g/mol. The molecule has 4 heteroatoms. The first-order chi connectivity index (χ1) is 7.95. The molecule has 96 valence electrons. The fraction of sp³-hybridized carbons (Fsp3) is 0.692. The van der Waals surface area contributed by atoms with Crippen molar-refractivity contribution < 1.29 is 14.7 Å². The van der Waals surface area contributed by atoms with Gasteiger partial charge >= 0.3 is 5.97 Å². The number of nitrogens with zero attached hydrogens (tertiary/aromatic N) is 1. The van der Waals surface area contributed by atoms with E-state index in [2.05, 4.69) is 0 Å². The van der Waals surface area contributed by atoms with Gasteiger partial charge < -0.3 is 10.0 Å². The van der Waals surface area contributed by atoms with Gasteiger partial charge in [-0.1, -0.05) is 19.3 Å². The first kappa shape index (κ1) is 13.7. The quantitative estimate of drug-likeness (QED) is 0.768. The Morgan fingerprint density at radius 1 is 1.06 bits per heavy atom. The highest BCUT2D eigenvalue weighted by molar-refractivity contribution is 6.01. The third-order valence-corrected chi connectivity index (χ3v) is 3.65. The lowest BCUT2D eigenvalue weighted by Gasteiger charge is -2.31. The van der Waals surface area contributed by atoms with Gasteiger partial charge in [0.05, 0.1) is 0 Å². The molecule has 0 atom stereocenters. The molecule has 0 spiro atoms. The lowest BCUT2D eigenvalue weighted by atomic mass is 9.94. The molecule has 0 radical (unpaired) electrons. The maximum Gasteiger partial charge on any atom is 0.331 e. The Morgan fingerprint density at radius 2 is 1.59 bits per heavy atom. The Kier molecular flexibility index (Phi) is 4.73. The molecule has 1 fully saturated rings. The molecule has 17 heavy (non-hydrogen) atoms. The van der Waals surface area contributed by atoms with Gasteiger partial charge in [-0.05, 0) is 26.7 Å². The number of hydrogen-bond acceptors (Lipinski definition) is 2. The molecule has 1 amide bonds. The van der Waals surface area contributed by atoms with Crippen LogP contribution in [0.3, 0.4) is 0 Å². The first-order valence-corrected chi connectivity index (χ1v) is 6.13. The van der Waals surface area contributed by atoms with Gasteiger partial charge in [-0.25, -0.2) is 4.79 Å². The van der Waals surface area contributed by atoms with Crippen molar-refractivity contribution in [1.82, 2.24) is 4.90 Å². The second kappa shape index (κ2) is 5.84. The zero-order valence-electron chi connectivity index (χ0n) is 10.8. The molecule has 0 bridgehead atoms. The van der Waals surface area contributed by atoms with Crippen molar-refractivity contribution in [3.63, 3.8) is 0 Å². The summed E-state index contributed by atoms with van der Waals surface area (Å²) in [6, 6.07) is 0.271. The number of hydrogen-bond donors (Lipinski definition) is 1. The van der Waals surface area contributed by atoms with E-state index in [-0.39, 0.29) is 17.5 Å². The molecule has 0 saturated heterocycles. The number of rotatable bonds is 3. The van der Waals surface area contributed by atoms with E-state index in [1.807, 2.05) is 0 Å². The zero-order valence-corrected chi connectivity index (χ0v) is 10.8. The Hall–Kier alpha value is -1.32. The van der Waals surface area contributed by atoms with Crippen molar-refractivity contribution in [1.29, 1.82) is 0 Å². The van der Waals surface area contributed by atoms with Crippen LogP contribution in [-0.2, 0) is 9.59 Å². The summed E-state index contributed by atoms with van der Waals surface area (Å²) in [6.45, 7) is 3.06. The second-order valence-electron chi connectivity index (χ2n) is 4.76. The summed E-state index contributed by atoms with van der Waals surface area (Å²) in [6.07, 6.45) is 5.61. The van der Waals surface area contributed by atoms with Crippen LogP contribution < -0.4 is 0 Å². The average Bonchev–Trinajstić information content (AvgIpc) is 2.36. The molecule has 1 saturated carbocycles. The van der Waals surface area contributed by atoms with Crippen molar-refractivity contribution in [2.24, 2.45) is 0 Å². The normalized spacial score (nSPS) is 18.5. The van der Waals surface area contributed by atoms with E-state index < -0.39 is 5.97 Å². The maximum absolute atomic E-state index is 12.1. The van der Waals surface area contributed by atoms with Crippen LogP contribution in [0.4, 0.5) is 0 Å². The zero-order chi connectivity index (χ0) is 13.0. The van der Waals surface area contributed by atoms with Gasteiger partial charge in [0.1, 0.15) is 0 Å². The van der Waals surface area contributed by atoms with Crippen molar-refractivity contribution in [3.05, 3.63) is 11.1 Å². The fourth-order valence-corrected chi connectivity index (χ4v) is 2.22. The van der Waals surface area contributed by atoms with E-state index in [4.69, 9.17) is 5.11 Å². The van der Waals surface area contributed by atoms with E-state index in [0.29, 0.717) is 5.57 Å². The molecule has 0 aliphatic heterocycles. The standard InChI is InChI=1S/C13H21NO3/c1-9(10(2)13(16)17)12(15)14(3)11-7-5-4-6-8-11/h11H,4-8H2,1-3H3,(H,16,17). The minimum Gasteiger partial charge on any atom is -0.478 e. The van der Waals surface area contributed by atoms with Crippen LogP contribution in [0.25, 0.3) is 0 Å². The van der Waals surface area contributed by atoms with E-state index in [1.165, 1.54) is 13.3 Å². The number of likely N-dealkylation sites (N-methyl/N-ethyl adjacent to an activating group) is 1. The summed E-state index contributed by atoms with van der Waals surface area (Å²) in [5.74, 6) is -1.18. The van der Waals surface area contributed by atoms with E-state index in [0.717, 1.165) is 25.7 Å². The number of aliphatic carboxylic acids is 1. The van der Waals surface area contributed by atoms with Crippen molar-refractivity contribution in [2.75, 3.05) is 7.05 Å². The van der Waals surface area contributed by atoms with Crippen molar-refractivity contribution in [3.8, 4) is 0 Å². The Bertz CT molecular complexity index is 341. The highest BCUT2D eigenvalue weighted by atomic mass is 16.4. The first-order valence-electron chi connectivity index (χ1n) is 6.13. The van der Waals surface area contributed by atoms with E-state index >= 15 is 0 Å². The SMILES string of the molecule is CC(C(=O)O)=C(C)C(=O)N(C)C1CCCCC1. The summed E-state index contributed by atoms with van der Waals surface area (Å²) >= 11 is 0. The number of carboxylic acid groups (broad SMARTS) is 1. The molecule has 1 rings (SSSR count). The molecule has 0 aromatic rings. The summed E-state index contributed by atoms with van der Waals surface area (Å²) in [5.41, 5.74) is 0.475. The lowest BCUT2D eigenvalue weighted by molar-refractivity contribution is -0.134. The summed E-state index contributed by atoms with van der Waals surface area (Å²) < 4.78 is 0. The van der Waals surface area contributed by atoms with Crippen molar-refractivity contribution in [2.45, 2.75) is 52.0 Å². The van der Waals surface area contributed by atoms with Gasteiger partial charge in [-0.2, -0.15) is 0 Å². The molecule has 0 aromatic heterocycles. The maximum atomic E-state index is 12.1. The van der Waals surface area contributed by atoms with Crippen LogP contribution in [0.5, 0.6) is 0 Å². The van der Waals surface area contributed by atoms with Gasteiger partial charge in [0.25, 0.3) is 0 Å². The minimum absolute atomic E-state index is 0.137. The van der Waals surface area contributed by atoms with E-state index in [1.54, 1.807) is 18.9 Å². The molecule has 1 aliphatic rings. The number of amides is 1. The molecule has 0 unspecified atom stereocenters. The topological polar surface area (TPSA) is 57.6 Å². The summed E-state index contributed by atoms with van der Waals surface area (Å²) in [4.78, 5) is 24.6. The van der Waals surface area contributed by atoms with Gasteiger partial charge in [-0.15, -0.1) is 0 Å². The Labute approximate surface area is 102 Å². The molecular weight excluding hydrogens is 218 g/mol. The van der Waals surface area contributed by atoms with Crippen LogP contribution >= 0.6 is 0 Å². The Morgan fingerprint density at radius 3 is 2.06 bits per heavy atom. The van der Waals surface area contributed by atoms with Gasteiger partial charge in [0.15, 0.2) is 0 Å². The van der Waals surface area contributed by atoms with Crippen LogP contribution in [0, 0.1) is 0 Å². The minimum atomic E-state index is -1.02. The highest BCUT2D eigenvalue weighted by Crippen LogP contribution is 2.23. The summed E-state index contributed by atoms with van der Waals surface area (Å²) in [7, 11) is 1.77. The largest absolute Gasteiger partial charge is 0.478 e. The third kappa shape index (κ3) is 3.32. The second-order valence-corrected chi connectivity index (χ2v) is 4.76. The van der Waals surface area contributed by atoms with Crippen LogP contribution in [0.1, 0.15) is 46.0 Å². The lowest BCUT2D eigenvalue weighted by Crippen LogP contribution is -2.39. The van der Waals surface area contributed by atoms with Crippen LogP contribution in [0.2, 0.25) is 0 Å². The molecule has 1 aliphatic carbocycles. The van der Waals surface area contributed by atoms with Crippen LogP contribution in [-0.4, -0.2) is 35.0 Å². The van der Waals surface area contributed by atoms with Gasteiger partial charge in [0.2, 0.25) is 5.91 Å². The molecule has 4 nitrogen and oxygen atoms in total. The van der Waals surface area contributed by atoms with Gasteiger partial charge in [-0.3, -0.25) is 4.79 Å².